The molecule has 1 aromatic heterocycles. The van der Waals surface area contributed by atoms with E-state index in [-0.39, 0.29) is 11.9 Å². The Hall–Kier alpha value is -1.66. The van der Waals surface area contributed by atoms with Crippen LogP contribution in [0.1, 0.15) is 44.3 Å². The number of hydrogen-bond acceptors (Lipinski definition) is 5. The van der Waals surface area contributed by atoms with Crippen LogP contribution in [0.5, 0.6) is 5.75 Å². The van der Waals surface area contributed by atoms with E-state index in [9.17, 15) is 4.79 Å². The first kappa shape index (κ1) is 22.0. The predicted octanol–water partition coefficient (Wildman–Crippen LogP) is 5.45. The van der Waals surface area contributed by atoms with E-state index in [0.717, 1.165) is 11.4 Å². The third-order valence-corrected chi connectivity index (χ3v) is 8.49. The van der Waals surface area contributed by atoms with Crippen LogP contribution in [-0.2, 0) is 4.79 Å². The van der Waals surface area contributed by atoms with Crippen LogP contribution < -0.4 is 4.74 Å². The van der Waals surface area contributed by atoms with Gasteiger partial charge in [0.05, 0.1) is 24.6 Å². The zero-order valence-corrected chi connectivity index (χ0v) is 19.0. The lowest BCUT2D eigenvalue weighted by Gasteiger charge is -2.31. The van der Waals surface area contributed by atoms with Crippen LogP contribution in [0.4, 0.5) is 0 Å². The number of aromatic nitrogens is 1. The monoisotopic (exact) mass is 430 g/mol. The summed E-state index contributed by atoms with van der Waals surface area (Å²) < 4.78 is 5.26. The zero-order valence-electron chi connectivity index (χ0n) is 17.4. The topological polar surface area (TPSA) is 42.4 Å². The first-order chi connectivity index (χ1) is 14.1. The normalized spacial score (nSPS) is 20.1. The number of thioether (sulfide) groups is 2. The van der Waals surface area contributed by atoms with Crippen molar-refractivity contribution in [2.45, 2.75) is 54.0 Å². The van der Waals surface area contributed by atoms with Crippen molar-refractivity contribution in [2.24, 2.45) is 0 Å². The van der Waals surface area contributed by atoms with Crippen molar-refractivity contribution in [3.05, 3.63) is 54.4 Å². The first-order valence-corrected chi connectivity index (χ1v) is 12.1. The molecule has 1 aliphatic rings. The molecule has 0 saturated heterocycles. The summed E-state index contributed by atoms with van der Waals surface area (Å²) in [5.74, 6) is 1.59. The van der Waals surface area contributed by atoms with Crippen molar-refractivity contribution in [3.63, 3.8) is 0 Å². The third-order valence-electron chi connectivity index (χ3n) is 5.50. The van der Waals surface area contributed by atoms with Crippen molar-refractivity contribution >= 4 is 29.4 Å². The van der Waals surface area contributed by atoms with E-state index in [1.807, 2.05) is 72.7 Å². The molecule has 1 fully saturated rings. The second-order valence-corrected chi connectivity index (χ2v) is 9.94. The van der Waals surface area contributed by atoms with Gasteiger partial charge in [0.15, 0.2) is 0 Å². The Kier molecular flexibility index (Phi) is 8.30. The van der Waals surface area contributed by atoms with Gasteiger partial charge >= 0.3 is 0 Å². The highest BCUT2D eigenvalue weighted by atomic mass is 32.2. The number of ether oxygens (including phenoxy) is 1. The average Bonchev–Trinajstić information content (AvgIpc) is 2.78. The molecule has 1 heterocycles. The highest BCUT2D eigenvalue weighted by Gasteiger charge is 2.28. The minimum Gasteiger partial charge on any atom is -0.497 e. The molecule has 0 N–H and O–H groups in total. The summed E-state index contributed by atoms with van der Waals surface area (Å²) in [6.45, 7) is 2.04. The average molecular weight is 431 g/mol. The number of carbonyl (C=O) groups is 1. The molecule has 3 atom stereocenters. The Balaban J connectivity index is 1.54. The number of amides is 1. The fraction of sp³-hybridized carbons (Fsp3) is 0.478. The van der Waals surface area contributed by atoms with Gasteiger partial charge in [0.1, 0.15) is 5.75 Å². The van der Waals surface area contributed by atoms with Gasteiger partial charge in [-0.2, -0.15) is 0 Å². The van der Waals surface area contributed by atoms with E-state index in [4.69, 9.17) is 4.74 Å². The van der Waals surface area contributed by atoms with Crippen molar-refractivity contribution in [2.75, 3.05) is 19.9 Å². The molecular weight excluding hydrogens is 400 g/mol. The summed E-state index contributed by atoms with van der Waals surface area (Å²) in [5.41, 5.74) is 0.930. The van der Waals surface area contributed by atoms with Crippen molar-refractivity contribution in [3.8, 4) is 5.75 Å². The lowest BCUT2D eigenvalue weighted by molar-refractivity contribution is -0.129. The molecule has 1 amide bonds. The van der Waals surface area contributed by atoms with Crippen LogP contribution in [0.3, 0.4) is 0 Å². The van der Waals surface area contributed by atoms with Gasteiger partial charge in [-0.15, -0.1) is 23.5 Å². The van der Waals surface area contributed by atoms with Gasteiger partial charge in [-0.1, -0.05) is 18.9 Å². The highest BCUT2D eigenvalue weighted by Crippen LogP contribution is 2.40. The lowest BCUT2D eigenvalue weighted by atomic mass is 10.00. The highest BCUT2D eigenvalue weighted by molar-refractivity contribution is 8.04. The lowest BCUT2D eigenvalue weighted by Crippen LogP contribution is -2.33. The Morgan fingerprint density at radius 2 is 1.90 bits per heavy atom. The summed E-state index contributed by atoms with van der Waals surface area (Å²) in [4.78, 5) is 20.3. The number of methoxy groups -OCH3 is 1. The van der Waals surface area contributed by atoms with E-state index in [1.165, 1.54) is 30.6 Å². The molecule has 1 aromatic carbocycles. The number of benzene rings is 1. The van der Waals surface area contributed by atoms with Gasteiger partial charge in [-0.3, -0.25) is 9.78 Å². The van der Waals surface area contributed by atoms with Gasteiger partial charge in [-0.25, -0.2) is 0 Å². The minimum atomic E-state index is -0.0138. The van der Waals surface area contributed by atoms with E-state index in [2.05, 4.69) is 17.1 Å². The van der Waals surface area contributed by atoms with Crippen LogP contribution in [0, 0.1) is 0 Å². The molecule has 3 rings (SSSR count). The van der Waals surface area contributed by atoms with E-state index in [1.54, 1.807) is 13.3 Å². The maximum absolute atomic E-state index is 12.8. The Bertz CT molecular complexity index is 770. The molecule has 2 aromatic rings. The van der Waals surface area contributed by atoms with E-state index >= 15 is 0 Å². The summed E-state index contributed by atoms with van der Waals surface area (Å²) in [7, 11) is 3.57. The second-order valence-electron chi connectivity index (χ2n) is 7.40. The van der Waals surface area contributed by atoms with Crippen LogP contribution in [0.2, 0.25) is 0 Å². The quantitative estimate of drug-likeness (QED) is 0.557. The number of rotatable bonds is 8. The van der Waals surface area contributed by atoms with Gasteiger partial charge in [0.2, 0.25) is 5.91 Å². The van der Waals surface area contributed by atoms with E-state index < -0.39 is 0 Å². The van der Waals surface area contributed by atoms with Crippen molar-refractivity contribution in [1.82, 2.24) is 9.88 Å². The van der Waals surface area contributed by atoms with Gasteiger partial charge in [0, 0.05) is 28.6 Å². The first-order valence-electron chi connectivity index (χ1n) is 10.2. The summed E-state index contributed by atoms with van der Waals surface area (Å²) >= 11 is 3.77. The molecule has 29 heavy (non-hydrogen) atoms. The smallest absolute Gasteiger partial charge is 0.232 e. The molecule has 0 bridgehead atoms. The number of hydrogen-bond donors (Lipinski definition) is 0. The summed E-state index contributed by atoms with van der Waals surface area (Å²) in [5, 5.41) is 1.06. The fourth-order valence-electron chi connectivity index (χ4n) is 3.54. The molecule has 0 aliphatic heterocycles. The largest absolute Gasteiger partial charge is 0.497 e. The molecule has 3 unspecified atom stereocenters. The molecule has 6 heteroatoms. The maximum atomic E-state index is 12.8. The van der Waals surface area contributed by atoms with Crippen LogP contribution >= 0.6 is 23.5 Å². The number of pyridine rings is 1. The predicted molar refractivity (Wildman–Crippen MR) is 123 cm³/mol. The minimum absolute atomic E-state index is 0.0138. The fourth-order valence-corrected chi connectivity index (χ4v) is 6.40. The molecule has 156 valence electrons. The maximum Gasteiger partial charge on any atom is 0.232 e. The SMILES string of the molecule is COc1ccc(SC2CCCCC2SCC(=O)N(C)C(C)c2ccccn2)cc1. The van der Waals surface area contributed by atoms with Gasteiger partial charge in [-0.05, 0) is 56.2 Å². The van der Waals surface area contributed by atoms with Crippen molar-refractivity contribution in [1.29, 1.82) is 0 Å². The third kappa shape index (κ3) is 6.16. The molecular formula is C23H30N2O2S2. The van der Waals surface area contributed by atoms with Gasteiger partial charge < -0.3 is 9.64 Å². The zero-order chi connectivity index (χ0) is 20.6. The van der Waals surface area contributed by atoms with Crippen LogP contribution in [0.25, 0.3) is 0 Å². The molecule has 1 aliphatic carbocycles. The molecule has 0 spiro atoms. The Morgan fingerprint density at radius 1 is 1.17 bits per heavy atom. The second kappa shape index (κ2) is 10.9. The molecule has 0 radical (unpaired) electrons. The Labute approximate surface area is 182 Å². The molecule has 1 saturated carbocycles. The summed E-state index contributed by atoms with van der Waals surface area (Å²) in [6, 6.07) is 14.1. The molecule has 4 nitrogen and oxygen atoms in total. The standard InChI is InChI=1S/C23H30N2O2S2/c1-17(20-8-6-7-15-24-20)25(2)23(26)16-28-21-9-4-5-10-22(21)29-19-13-11-18(27-3)12-14-19/h6-8,11-15,17,21-22H,4-5,9-10,16H2,1-3H3. The van der Waals surface area contributed by atoms with E-state index in [0.29, 0.717) is 16.3 Å². The van der Waals surface area contributed by atoms with Crippen LogP contribution in [0.15, 0.2) is 53.6 Å². The van der Waals surface area contributed by atoms with Gasteiger partial charge in [0.25, 0.3) is 0 Å². The van der Waals surface area contributed by atoms with Crippen molar-refractivity contribution < 1.29 is 9.53 Å². The number of nitrogens with zero attached hydrogens (tertiary/aromatic N) is 2. The Morgan fingerprint density at radius 3 is 2.55 bits per heavy atom. The number of carbonyl (C=O) groups excluding carboxylic acids is 1. The summed E-state index contributed by atoms with van der Waals surface area (Å²) in [6.07, 6.45) is 6.71. The van der Waals surface area contributed by atoms with Crippen LogP contribution in [-0.4, -0.2) is 46.2 Å².